The van der Waals surface area contributed by atoms with Gasteiger partial charge in [-0.15, -0.1) is 5.10 Å². The topological polar surface area (TPSA) is 75.1 Å². The van der Waals surface area contributed by atoms with Crippen LogP contribution in [0.5, 0.6) is 0 Å². The molecule has 0 aliphatic rings. The fraction of sp³-hybridized carbons (Fsp3) is 0. The first-order chi connectivity index (χ1) is 14.0. The molecule has 2 rings (SSSR count). The van der Waals surface area contributed by atoms with Crippen LogP contribution in [0.1, 0.15) is 11.1 Å². The predicted molar refractivity (Wildman–Crippen MR) is 82.4 cm³/mol. The number of benzene rings is 2. The number of rotatable bonds is 4. The second-order valence-corrected chi connectivity index (χ2v) is 5.07. The van der Waals surface area contributed by atoms with E-state index in [1.807, 2.05) is 0 Å². The molecule has 0 saturated carbocycles. The summed E-state index contributed by atoms with van der Waals surface area (Å²) in [6, 6.07) is 0. The SMILES string of the molecule is NC(=NN=Cc1c(F)c(F)c(F)c(F)c1F)NN=Cc1c(F)c(F)c(F)c(F)c1F. The molecule has 2 aromatic rings. The fourth-order valence-corrected chi connectivity index (χ4v) is 1.80. The summed E-state index contributed by atoms with van der Waals surface area (Å²) in [4.78, 5) is 0. The lowest BCUT2D eigenvalue weighted by Gasteiger charge is -2.04. The Morgan fingerprint density at radius 2 is 0.900 bits per heavy atom. The second kappa shape index (κ2) is 8.79. The summed E-state index contributed by atoms with van der Waals surface area (Å²) in [6.45, 7) is 0. The Balaban J connectivity index is 2.21. The van der Waals surface area contributed by atoms with Crippen molar-refractivity contribution in [2.45, 2.75) is 0 Å². The number of guanidine groups is 1. The number of nitrogens with one attached hydrogen (secondary N) is 1. The van der Waals surface area contributed by atoms with Crippen LogP contribution in [0.4, 0.5) is 43.9 Å². The van der Waals surface area contributed by atoms with Crippen molar-refractivity contribution in [2.75, 3.05) is 0 Å². The van der Waals surface area contributed by atoms with E-state index in [-0.39, 0.29) is 12.4 Å². The largest absolute Gasteiger partial charge is 0.367 e. The van der Waals surface area contributed by atoms with E-state index in [1.165, 1.54) is 0 Å². The van der Waals surface area contributed by atoms with Crippen LogP contribution >= 0.6 is 0 Å². The van der Waals surface area contributed by atoms with E-state index in [2.05, 4.69) is 15.3 Å². The Morgan fingerprint density at radius 1 is 0.567 bits per heavy atom. The van der Waals surface area contributed by atoms with Gasteiger partial charge in [0, 0.05) is 0 Å². The maximum Gasteiger partial charge on any atom is 0.234 e. The van der Waals surface area contributed by atoms with Gasteiger partial charge >= 0.3 is 0 Å². The maximum absolute atomic E-state index is 13.4. The number of halogens is 10. The van der Waals surface area contributed by atoms with Gasteiger partial charge in [-0.1, -0.05) is 0 Å². The van der Waals surface area contributed by atoms with Crippen molar-refractivity contribution in [2.24, 2.45) is 21.0 Å². The van der Waals surface area contributed by atoms with Crippen molar-refractivity contribution in [3.8, 4) is 0 Å². The van der Waals surface area contributed by atoms with E-state index < -0.39 is 75.3 Å². The summed E-state index contributed by atoms with van der Waals surface area (Å²) in [5.74, 6) is -23.4. The molecule has 160 valence electrons. The molecule has 15 heteroatoms. The average molecular weight is 445 g/mol. The third kappa shape index (κ3) is 4.18. The number of hydrogen-bond donors (Lipinski definition) is 2. The van der Waals surface area contributed by atoms with Crippen molar-refractivity contribution in [3.63, 3.8) is 0 Å². The first kappa shape index (κ1) is 22.6. The van der Waals surface area contributed by atoms with Gasteiger partial charge in [0.05, 0.1) is 23.6 Å². The molecule has 3 N–H and O–H groups in total. The predicted octanol–water partition coefficient (Wildman–Crippen LogP) is 3.35. The molecule has 2 aromatic carbocycles. The highest BCUT2D eigenvalue weighted by Gasteiger charge is 2.25. The van der Waals surface area contributed by atoms with E-state index >= 15 is 0 Å². The smallest absolute Gasteiger partial charge is 0.234 e. The van der Waals surface area contributed by atoms with Crippen LogP contribution < -0.4 is 11.2 Å². The molecule has 0 aliphatic carbocycles. The fourth-order valence-electron chi connectivity index (χ4n) is 1.80. The van der Waals surface area contributed by atoms with Crippen LogP contribution in [-0.2, 0) is 0 Å². The minimum Gasteiger partial charge on any atom is -0.367 e. The minimum atomic E-state index is -2.39. The average Bonchev–Trinajstić information content (AvgIpc) is 2.72. The zero-order valence-corrected chi connectivity index (χ0v) is 13.9. The van der Waals surface area contributed by atoms with Gasteiger partial charge in [0.1, 0.15) is 0 Å². The maximum atomic E-state index is 13.4. The van der Waals surface area contributed by atoms with Gasteiger partial charge in [0.2, 0.25) is 17.6 Å². The van der Waals surface area contributed by atoms with Gasteiger partial charge in [0.15, 0.2) is 46.5 Å². The Morgan fingerprint density at radius 3 is 1.30 bits per heavy atom. The van der Waals surface area contributed by atoms with Gasteiger partial charge in [-0.05, 0) is 0 Å². The molecule has 0 heterocycles. The molecule has 0 aliphatic heterocycles. The van der Waals surface area contributed by atoms with E-state index in [1.54, 1.807) is 5.43 Å². The zero-order valence-electron chi connectivity index (χ0n) is 13.9. The van der Waals surface area contributed by atoms with Crippen LogP contribution in [0, 0.1) is 58.2 Å². The number of hydrogen-bond acceptors (Lipinski definition) is 3. The lowest BCUT2D eigenvalue weighted by atomic mass is 10.2. The quantitative estimate of drug-likeness (QED) is 0.189. The van der Waals surface area contributed by atoms with E-state index in [0.717, 1.165) is 0 Å². The normalized spacial score (nSPS) is 12.4. The molecule has 0 unspecified atom stereocenters. The molecule has 0 fully saturated rings. The van der Waals surface area contributed by atoms with Crippen LogP contribution in [0.3, 0.4) is 0 Å². The molecule has 0 atom stereocenters. The van der Waals surface area contributed by atoms with Crippen LogP contribution in [-0.4, -0.2) is 18.4 Å². The van der Waals surface area contributed by atoms with Gasteiger partial charge in [-0.3, -0.25) is 0 Å². The summed E-state index contributed by atoms with van der Waals surface area (Å²) in [5, 5.41) is 8.92. The van der Waals surface area contributed by atoms with Crippen molar-refractivity contribution in [1.82, 2.24) is 5.43 Å². The van der Waals surface area contributed by atoms with Crippen molar-refractivity contribution >= 4 is 18.4 Å². The van der Waals surface area contributed by atoms with Crippen molar-refractivity contribution in [3.05, 3.63) is 69.3 Å². The first-order valence-electron chi connectivity index (χ1n) is 7.17. The minimum absolute atomic E-state index is 0.110. The van der Waals surface area contributed by atoms with Crippen LogP contribution in [0.15, 0.2) is 15.3 Å². The summed E-state index contributed by atoms with van der Waals surface area (Å²) >= 11 is 0. The van der Waals surface area contributed by atoms with E-state index in [4.69, 9.17) is 5.73 Å². The molecule has 30 heavy (non-hydrogen) atoms. The van der Waals surface area contributed by atoms with Gasteiger partial charge in [-0.2, -0.15) is 10.2 Å². The molecule has 0 aromatic heterocycles. The Bertz CT molecular complexity index is 1040. The highest BCUT2D eigenvalue weighted by atomic mass is 19.2. The van der Waals surface area contributed by atoms with Gasteiger partial charge in [-0.25, -0.2) is 49.3 Å². The molecule has 5 nitrogen and oxygen atoms in total. The lowest BCUT2D eigenvalue weighted by Crippen LogP contribution is -2.27. The zero-order chi connectivity index (χ0) is 22.7. The number of nitrogens with two attached hydrogens (primary N) is 1. The van der Waals surface area contributed by atoms with Crippen molar-refractivity contribution in [1.29, 1.82) is 0 Å². The van der Waals surface area contributed by atoms with Crippen molar-refractivity contribution < 1.29 is 43.9 Å². The van der Waals surface area contributed by atoms with E-state index in [9.17, 15) is 43.9 Å². The Kier molecular flexibility index (Phi) is 6.63. The summed E-state index contributed by atoms with van der Waals surface area (Å²) in [5.41, 5.74) is 3.96. The highest BCUT2D eigenvalue weighted by molar-refractivity contribution is 5.85. The molecule has 0 amide bonds. The summed E-state index contributed by atoms with van der Waals surface area (Å²) in [7, 11) is 0. The third-order valence-corrected chi connectivity index (χ3v) is 3.21. The number of nitrogens with zero attached hydrogens (tertiary/aromatic N) is 3. The van der Waals surface area contributed by atoms with Crippen LogP contribution in [0.25, 0.3) is 0 Å². The van der Waals surface area contributed by atoms with E-state index in [0.29, 0.717) is 0 Å². The lowest BCUT2D eigenvalue weighted by molar-refractivity contribution is 0.377. The molecule has 0 radical (unpaired) electrons. The highest BCUT2D eigenvalue weighted by Crippen LogP contribution is 2.22. The molecular formula is C15H5F10N5. The summed E-state index contributed by atoms with van der Waals surface area (Å²) < 4.78 is 131. The third-order valence-electron chi connectivity index (χ3n) is 3.21. The number of hydrazone groups is 1. The van der Waals surface area contributed by atoms with Gasteiger partial charge < -0.3 is 5.73 Å². The first-order valence-corrected chi connectivity index (χ1v) is 7.17. The second-order valence-electron chi connectivity index (χ2n) is 5.07. The Labute approximate surface area is 159 Å². The monoisotopic (exact) mass is 445 g/mol. The molecule has 0 saturated heterocycles. The standard InChI is InChI=1S/C15H5F10N5/c16-5-3(6(17)10(21)13(24)9(5)20)1-27-29-15(26)30-28-2-4-7(18)11(22)14(25)12(23)8(4)19/h1-2H,(H3,26,29,30). The molecular weight excluding hydrogens is 440 g/mol. The molecule has 0 bridgehead atoms. The molecule has 0 spiro atoms. The summed E-state index contributed by atoms with van der Waals surface area (Å²) in [6.07, 6.45) is 0.255. The Hall–Kier alpha value is -3.65. The van der Waals surface area contributed by atoms with Crippen LogP contribution in [0.2, 0.25) is 0 Å². The van der Waals surface area contributed by atoms with Gasteiger partial charge in [0.25, 0.3) is 0 Å².